The van der Waals surface area contributed by atoms with Crippen LogP contribution in [0.5, 0.6) is 5.75 Å². The van der Waals surface area contributed by atoms with Crippen molar-refractivity contribution in [1.82, 2.24) is 0 Å². The lowest BCUT2D eigenvalue weighted by Crippen LogP contribution is -3.16. The van der Waals surface area contributed by atoms with Crippen LogP contribution in [0.1, 0.15) is 26.7 Å². The average Bonchev–Trinajstić information content (AvgIpc) is 3.45. The molecule has 0 radical (unpaired) electrons. The van der Waals surface area contributed by atoms with Crippen LogP contribution in [0.25, 0.3) is 0 Å². The van der Waals surface area contributed by atoms with Crippen molar-refractivity contribution in [2.75, 3.05) is 25.5 Å². The molecule has 6 rings (SSSR count). The molecule has 1 saturated heterocycles. The highest BCUT2D eigenvalue weighted by molar-refractivity contribution is 7.10. The molecule has 6 heteroatoms. The van der Waals surface area contributed by atoms with Crippen LogP contribution in [-0.2, 0) is 10.3 Å². The van der Waals surface area contributed by atoms with Gasteiger partial charge in [-0.15, -0.1) is 11.3 Å². The lowest BCUT2D eigenvalue weighted by atomic mass is 9.58. The van der Waals surface area contributed by atoms with Crippen LogP contribution in [-0.4, -0.2) is 31.9 Å². The first-order valence-electron chi connectivity index (χ1n) is 10.1. The summed E-state index contributed by atoms with van der Waals surface area (Å²) in [5.74, 6) is 0.378. The molecule has 2 aromatic carbocycles. The maximum Gasteiger partial charge on any atom is 0.292 e. The van der Waals surface area contributed by atoms with Crippen molar-refractivity contribution in [3.8, 4) is 5.75 Å². The van der Waals surface area contributed by atoms with E-state index in [0.717, 1.165) is 21.0 Å². The number of quaternary nitrogens is 1. The molecule has 4 atom stereocenters. The summed E-state index contributed by atoms with van der Waals surface area (Å²) in [6.07, 6.45) is 0. The number of likely N-dealkylation sites (tertiary alicyclic amines) is 1. The molecule has 3 aliphatic rings. The van der Waals surface area contributed by atoms with Crippen molar-refractivity contribution in [3.05, 3.63) is 82.0 Å². The fourth-order valence-electron chi connectivity index (χ4n) is 6.05. The third-order valence-electron chi connectivity index (χ3n) is 7.21. The number of benzene rings is 2. The molecule has 0 saturated carbocycles. The molecule has 0 aliphatic carbocycles. The summed E-state index contributed by atoms with van der Waals surface area (Å²) >= 11 is 1.65. The zero-order valence-corrected chi connectivity index (χ0v) is 17.3. The second-order valence-electron chi connectivity index (χ2n) is 8.39. The Bertz CT molecular complexity index is 1190. The van der Waals surface area contributed by atoms with Gasteiger partial charge in [0.05, 0.1) is 30.8 Å². The minimum Gasteiger partial charge on any atom is -0.491 e. The van der Waals surface area contributed by atoms with Crippen molar-refractivity contribution in [2.45, 2.75) is 11.5 Å². The number of ketones is 1. The molecule has 5 nitrogen and oxygen atoms in total. The monoisotopic (exact) mass is 417 g/mol. The van der Waals surface area contributed by atoms with Crippen LogP contribution in [0.2, 0.25) is 0 Å². The highest BCUT2D eigenvalue weighted by Gasteiger charge is 2.78. The SMILES string of the molecule is C[NH+]1C[C@@H](c2cccs2)[C@]2(COc3ccccc3C2=O)[C@]12C(=O)Nc1ccccc12. The molecule has 2 N–H and O–H groups in total. The second-order valence-corrected chi connectivity index (χ2v) is 9.37. The summed E-state index contributed by atoms with van der Waals surface area (Å²) in [6.45, 7) is 0.865. The van der Waals surface area contributed by atoms with Gasteiger partial charge in [0.25, 0.3) is 5.91 Å². The van der Waals surface area contributed by atoms with E-state index in [1.165, 1.54) is 0 Å². The standard InChI is InChI=1S/C24H20N2O3S/c1-26-13-17(20-11-6-12-30-20)23(14-29-19-10-5-2-7-15(19)21(23)27)24(26)16-8-3-4-9-18(16)25-22(24)28/h2-12,17H,13-14H2,1H3,(H,25,28)/p+1/t17-,23-,24-/m0/s1. The number of carbonyl (C=O) groups excluding carboxylic acids is 2. The van der Waals surface area contributed by atoms with Crippen LogP contribution in [0.3, 0.4) is 0 Å². The Hall–Kier alpha value is -2.96. The van der Waals surface area contributed by atoms with Gasteiger partial charge in [-0.1, -0.05) is 36.4 Å². The van der Waals surface area contributed by atoms with Gasteiger partial charge in [0.1, 0.15) is 17.8 Å². The lowest BCUT2D eigenvalue weighted by Gasteiger charge is -2.44. The van der Waals surface area contributed by atoms with Crippen molar-refractivity contribution >= 4 is 28.7 Å². The molecule has 1 aromatic heterocycles. The Balaban J connectivity index is 1.68. The van der Waals surface area contributed by atoms with E-state index in [-0.39, 0.29) is 24.2 Å². The Morgan fingerprint density at radius 2 is 1.87 bits per heavy atom. The maximum absolute atomic E-state index is 14.3. The maximum atomic E-state index is 14.3. The predicted molar refractivity (Wildman–Crippen MR) is 114 cm³/mol. The van der Waals surface area contributed by atoms with Crippen LogP contribution < -0.4 is 15.0 Å². The van der Waals surface area contributed by atoms with Gasteiger partial charge in [0.15, 0.2) is 5.78 Å². The number of hydrogen-bond donors (Lipinski definition) is 2. The zero-order valence-electron chi connectivity index (χ0n) is 16.5. The van der Waals surface area contributed by atoms with Crippen LogP contribution >= 0.6 is 11.3 Å². The van der Waals surface area contributed by atoms with Crippen molar-refractivity contribution in [2.24, 2.45) is 5.41 Å². The molecule has 30 heavy (non-hydrogen) atoms. The first-order chi connectivity index (χ1) is 14.6. The summed E-state index contributed by atoms with van der Waals surface area (Å²) in [5.41, 5.74) is 0.190. The van der Waals surface area contributed by atoms with Crippen molar-refractivity contribution in [1.29, 1.82) is 0 Å². The van der Waals surface area contributed by atoms with E-state index in [9.17, 15) is 9.59 Å². The number of Topliss-reactive ketones (excluding diaryl/α,β-unsaturated/α-hetero) is 1. The number of rotatable bonds is 1. The van der Waals surface area contributed by atoms with Gasteiger partial charge in [-0.25, -0.2) is 0 Å². The summed E-state index contributed by atoms with van der Waals surface area (Å²) in [5, 5.41) is 5.11. The number of ether oxygens (including phenoxy) is 1. The minimum atomic E-state index is -1.04. The fraction of sp³-hybridized carbons (Fsp3) is 0.250. The van der Waals surface area contributed by atoms with Crippen molar-refractivity contribution in [3.63, 3.8) is 0 Å². The third-order valence-corrected chi connectivity index (χ3v) is 8.20. The number of likely N-dealkylation sites (N-methyl/N-ethyl adjacent to an activating group) is 1. The number of carbonyl (C=O) groups is 2. The number of amides is 1. The van der Waals surface area contributed by atoms with E-state index in [4.69, 9.17) is 4.74 Å². The zero-order chi connectivity index (χ0) is 20.5. The molecular weight excluding hydrogens is 396 g/mol. The molecule has 4 heterocycles. The number of nitrogens with one attached hydrogen (secondary N) is 2. The van der Waals surface area contributed by atoms with E-state index < -0.39 is 11.0 Å². The van der Waals surface area contributed by atoms with Gasteiger partial charge in [0.2, 0.25) is 5.54 Å². The molecule has 3 aromatic rings. The smallest absolute Gasteiger partial charge is 0.292 e. The predicted octanol–water partition coefficient (Wildman–Crippen LogP) is 2.47. The van der Waals surface area contributed by atoms with Gasteiger partial charge in [-0.3, -0.25) is 9.59 Å². The van der Waals surface area contributed by atoms with E-state index in [2.05, 4.69) is 11.4 Å². The lowest BCUT2D eigenvalue weighted by molar-refractivity contribution is -0.920. The quantitative estimate of drug-likeness (QED) is 0.640. The van der Waals surface area contributed by atoms with Crippen LogP contribution in [0.15, 0.2) is 66.0 Å². The van der Waals surface area contributed by atoms with Gasteiger partial charge < -0.3 is 15.0 Å². The van der Waals surface area contributed by atoms with Crippen molar-refractivity contribution < 1.29 is 19.2 Å². The Morgan fingerprint density at radius 1 is 1.07 bits per heavy atom. The minimum absolute atomic E-state index is 0.00598. The third kappa shape index (κ3) is 1.91. The van der Waals surface area contributed by atoms with Gasteiger partial charge in [-0.2, -0.15) is 0 Å². The molecular formula is C24H21N2O3S+. The van der Waals surface area contributed by atoms with Crippen LogP contribution in [0, 0.1) is 5.41 Å². The molecule has 1 fully saturated rings. The molecule has 2 spiro atoms. The van der Waals surface area contributed by atoms with Crippen LogP contribution in [0.4, 0.5) is 5.69 Å². The number of fused-ring (bicyclic) bond motifs is 4. The van der Waals surface area contributed by atoms with E-state index in [0.29, 0.717) is 17.9 Å². The van der Waals surface area contributed by atoms with E-state index in [1.807, 2.05) is 67.0 Å². The molecule has 3 aliphatic heterocycles. The highest BCUT2D eigenvalue weighted by atomic mass is 32.1. The summed E-state index contributed by atoms with van der Waals surface area (Å²) in [7, 11) is 2.03. The molecule has 150 valence electrons. The van der Waals surface area contributed by atoms with E-state index in [1.54, 1.807) is 11.3 Å². The first kappa shape index (κ1) is 17.9. The highest BCUT2D eigenvalue weighted by Crippen LogP contribution is 2.59. The molecule has 1 unspecified atom stereocenters. The molecule has 1 amide bonds. The number of thiophene rings is 1. The number of anilines is 1. The summed E-state index contributed by atoms with van der Waals surface area (Å²) in [4.78, 5) is 30.3. The second kappa shape index (κ2) is 6.03. The molecule has 0 bridgehead atoms. The largest absolute Gasteiger partial charge is 0.491 e. The van der Waals surface area contributed by atoms with Gasteiger partial charge in [-0.05, 0) is 29.6 Å². The number of hydrogen-bond acceptors (Lipinski definition) is 4. The Morgan fingerprint density at radius 3 is 2.70 bits per heavy atom. The topological polar surface area (TPSA) is 59.8 Å². The normalized spacial score (nSPS) is 31.5. The van der Waals surface area contributed by atoms with E-state index >= 15 is 0 Å². The average molecular weight is 418 g/mol. The number of para-hydroxylation sites is 2. The first-order valence-corrected chi connectivity index (χ1v) is 11.0. The Labute approximate surface area is 178 Å². The Kier molecular flexibility index (Phi) is 3.59. The van der Waals surface area contributed by atoms with Gasteiger partial charge in [0, 0.05) is 10.4 Å². The summed E-state index contributed by atoms with van der Waals surface area (Å²) < 4.78 is 6.25. The summed E-state index contributed by atoms with van der Waals surface area (Å²) in [6, 6.07) is 19.3. The fourth-order valence-corrected chi connectivity index (χ4v) is 6.97. The van der Waals surface area contributed by atoms with Gasteiger partial charge >= 0.3 is 0 Å².